The Morgan fingerprint density at radius 3 is 2.48 bits per heavy atom. The average molecular weight is 361 g/mol. The van der Waals surface area contributed by atoms with Crippen LogP contribution in [-0.4, -0.2) is 23.6 Å². The quantitative estimate of drug-likeness (QED) is 0.735. The van der Waals surface area contributed by atoms with Crippen LogP contribution in [0.15, 0.2) is 42.5 Å². The van der Waals surface area contributed by atoms with Gasteiger partial charge in [-0.15, -0.1) is 0 Å². The summed E-state index contributed by atoms with van der Waals surface area (Å²) in [6.07, 6.45) is 0. The summed E-state index contributed by atoms with van der Waals surface area (Å²) < 4.78 is 7.44. The molecule has 3 aromatic rings. The van der Waals surface area contributed by atoms with Gasteiger partial charge in [0.05, 0.1) is 23.9 Å². The Kier molecular flexibility index (Phi) is 5.18. The highest BCUT2D eigenvalue weighted by atomic mass is 16.5. The lowest BCUT2D eigenvalue weighted by Gasteiger charge is -2.11. The minimum absolute atomic E-state index is 0.0833. The number of nitrogens with zero attached hydrogens (tertiary/aromatic N) is 2. The normalized spacial score (nSPS) is 10.8. The maximum absolute atomic E-state index is 12.2. The SMILES string of the molecule is CCn1c(-c2ccc(C(=O)NC(C)C)cc2)c(C#N)c2cc(OC)ccc21. The second kappa shape index (κ2) is 7.55. The van der Waals surface area contributed by atoms with Crippen LogP contribution in [0.25, 0.3) is 22.2 Å². The number of fused-ring (bicyclic) bond motifs is 1. The van der Waals surface area contributed by atoms with Crippen LogP contribution in [0.3, 0.4) is 0 Å². The molecule has 0 aliphatic rings. The van der Waals surface area contributed by atoms with E-state index in [4.69, 9.17) is 4.74 Å². The Balaban J connectivity index is 2.13. The summed E-state index contributed by atoms with van der Waals surface area (Å²) in [4.78, 5) is 12.2. The lowest BCUT2D eigenvalue weighted by Crippen LogP contribution is -2.29. The van der Waals surface area contributed by atoms with Crippen molar-refractivity contribution in [1.29, 1.82) is 5.26 Å². The Labute approximate surface area is 159 Å². The average Bonchev–Trinajstić information content (AvgIpc) is 2.99. The van der Waals surface area contributed by atoms with Gasteiger partial charge in [-0.05, 0) is 56.7 Å². The fraction of sp³-hybridized carbons (Fsp3) is 0.273. The minimum Gasteiger partial charge on any atom is -0.497 e. The Morgan fingerprint density at radius 2 is 1.93 bits per heavy atom. The van der Waals surface area contributed by atoms with E-state index in [1.54, 1.807) is 19.2 Å². The molecule has 0 bridgehead atoms. The number of carbonyl (C=O) groups is 1. The highest BCUT2D eigenvalue weighted by Gasteiger charge is 2.19. The van der Waals surface area contributed by atoms with E-state index in [0.717, 1.165) is 34.5 Å². The molecule has 0 saturated carbocycles. The number of aryl methyl sites for hydroxylation is 1. The first kappa shape index (κ1) is 18.5. The predicted octanol–water partition coefficient (Wildman–Crippen LogP) is 4.35. The van der Waals surface area contributed by atoms with Crippen molar-refractivity contribution in [3.05, 3.63) is 53.6 Å². The smallest absolute Gasteiger partial charge is 0.251 e. The van der Waals surface area contributed by atoms with Gasteiger partial charge in [0.15, 0.2) is 0 Å². The van der Waals surface area contributed by atoms with E-state index < -0.39 is 0 Å². The molecule has 27 heavy (non-hydrogen) atoms. The van der Waals surface area contributed by atoms with Crippen molar-refractivity contribution >= 4 is 16.8 Å². The van der Waals surface area contributed by atoms with E-state index in [1.165, 1.54) is 0 Å². The Bertz CT molecular complexity index is 1020. The molecule has 0 aliphatic heterocycles. The van der Waals surface area contributed by atoms with Crippen LogP contribution in [0.1, 0.15) is 36.7 Å². The van der Waals surface area contributed by atoms with Crippen LogP contribution >= 0.6 is 0 Å². The van der Waals surface area contributed by atoms with E-state index in [2.05, 4.69) is 22.9 Å². The van der Waals surface area contributed by atoms with Gasteiger partial charge < -0.3 is 14.6 Å². The first-order valence-corrected chi connectivity index (χ1v) is 9.01. The fourth-order valence-electron chi connectivity index (χ4n) is 3.33. The molecule has 1 amide bonds. The maximum Gasteiger partial charge on any atom is 0.251 e. The van der Waals surface area contributed by atoms with Gasteiger partial charge in [0.25, 0.3) is 5.91 Å². The van der Waals surface area contributed by atoms with Gasteiger partial charge in [0.2, 0.25) is 0 Å². The lowest BCUT2D eigenvalue weighted by atomic mass is 10.0. The molecule has 1 N–H and O–H groups in total. The zero-order valence-corrected chi connectivity index (χ0v) is 16.0. The number of carbonyl (C=O) groups excluding carboxylic acids is 1. The van der Waals surface area contributed by atoms with Crippen molar-refractivity contribution < 1.29 is 9.53 Å². The largest absolute Gasteiger partial charge is 0.497 e. The molecule has 3 rings (SSSR count). The van der Waals surface area contributed by atoms with E-state index in [-0.39, 0.29) is 11.9 Å². The summed E-state index contributed by atoms with van der Waals surface area (Å²) in [5.74, 6) is 0.623. The van der Waals surface area contributed by atoms with E-state index in [0.29, 0.717) is 11.1 Å². The van der Waals surface area contributed by atoms with Crippen molar-refractivity contribution in [1.82, 2.24) is 9.88 Å². The van der Waals surface area contributed by atoms with E-state index >= 15 is 0 Å². The summed E-state index contributed by atoms with van der Waals surface area (Å²) >= 11 is 0. The van der Waals surface area contributed by atoms with Gasteiger partial charge in [-0.1, -0.05) is 12.1 Å². The summed E-state index contributed by atoms with van der Waals surface area (Å²) in [5.41, 5.74) is 3.98. The van der Waals surface area contributed by atoms with Crippen molar-refractivity contribution in [2.24, 2.45) is 0 Å². The number of hydrogen-bond acceptors (Lipinski definition) is 3. The number of nitriles is 1. The third-order valence-corrected chi connectivity index (χ3v) is 4.54. The molecule has 0 aliphatic carbocycles. The molecule has 2 aromatic carbocycles. The molecule has 0 atom stereocenters. The number of hydrogen-bond donors (Lipinski definition) is 1. The van der Waals surface area contributed by atoms with Gasteiger partial charge >= 0.3 is 0 Å². The van der Waals surface area contributed by atoms with Crippen LogP contribution in [-0.2, 0) is 6.54 Å². The first-order valence-electron chi connectivity index (χ1n) is 9.01. The van der Waals surface area contributed by atoms with Gasteiger partial charge in [-0.2, -0.15) is 5.26 Å². The van der Waals surface area contributed by atoms with E-state index in [9.17, 15) is 10.1 Å². The number of aromatic nitrogens is 1. The zero-order chi connectivity index (χ0) is 19.6. The molecule has 5 heteroatoms. The molecule has 0 saturated heterocycles. The van der Waals surface area contributed by atoms with Gasteiger partial charge in [0.1, 0.15) is 11.8 Å². The minimum atomic E-state index is -0.0992. The first-order chi connectivity index (χ1) is 13.0. The molecule has 1 heterocycles. The summed E-state index contributed by atoms with van der Waals surface area (Å²) in [5, 5.41) is 13.6. The third-order valence-electron chi connectivity index (χ3n) is 4.54. The lowest BCUT2D eigenvalue weighted by molar-refractivity contribution is 0.0943. The molecule has 5 nitrogen and oxygen atoms in total. The Morgan fingerprint density at radius 1 is 1.22 bits per heavy atom. The van der Waals surface area contributed by atoms with Crippen molar-refractivity contribution in [2.45, 2.75) is 33.4 Å². The number of benzene rings is 2. The third kappa shape index (κ3) is 3.39. The van der Waals surface area contributed by atoms with Gasteiger partial charge in [-0.25, -0.2) is 0 Å². The molecule has 138 valence electrons. The molecule has 0 spiro atoms. The van der Waals surface area contributed by atoms with Crippen LogP contribution in [0.2, 0.25) is 0 Å². The zero-order valence-electron chi connectivity index (χ0n) is 16.0. The maximum atomic E-state index is 12.2. The Hall–Kier alpha value is -3.26. The van der Waals surface area contributed by atoms with Crippen LogP contribution in [0.5, 0.6) is 5.75 Å². The fourth-order valence-corrected chi connectivity index (χ4v) is 3.33. The molecular formula is C22H23N3O2. The summed E-state index contributed by atoms with van der Waals surface area (Å²) in [6.45, 7) is 6.65. The van der Waals surface area contributed by atoms with Crippen molar-refractivity contribution in [3.8, 4) is 23.1 Å². The number of nitrogens with one attached hydrogen (secondary N) is 1. The van der Waals surface area contributed by atoms with Crippen molar-refractivity contribution in [2.75, 3.05) is 7.11 Å². The monoisotopic (exact) mass is 361 g/mol. The van der Waals surface area contributed by atoms with Crippen molar-refractivity contribution in [3.63, 3.8) is 0 Å². The summed E-state index contributed by atoms with van der Waals surface area (Å²) in [6, 6.07) is 15.6. The number of ether oxygens (including phenoxy) is 1. The van der Waals surface area contributed by atoms with Crippen LogP contribution < -0.4 is 10.1 Å². The second-order valence-corrected chi connectivity index (χ2v) is 6.67. The molecular weight excluding hydrogens is 338 g/mol. The molecule has 0 unspecified atom stereocenters. The summed E-state index contributed by atoms with van der Waals surface area (Å²) in [7, 11) is 1.62. The highest BCUT2D eigenvalue weighted by molar-refractivity contribution is 5.97. The van der Waals surface area contributed by atoms with Gasteiger partial charge in [-0.3, -0.25) is 4.79 Å². The predicted molar refractivity (Wildman–Crippen MR) is 107 cm³/mol. The molecule has 1 aromatic heterocycles. The number of methoxy groups -OCH3 is 1. The molecule has 0 radical (unpaired) electrons. The van der Waals surface area contributed by atoms with Crippen LogP contribution in [0.4, 0.5) is 0 Å². The number of rotatable bonds is 5. The highest BCUT2D eigenvalue weighted by Crippen LogP contribution is 2.35. The second-order valence-electron chi connectivity index (χ2n) is 6.67. The standard InChI is InChI=1S/C22H23N3O2/c1-5-25-20-11-10-17(27-4)12-18(20)19(13-23)21(25)15-6-8-16(9-7-15)22(26)24-14(2)3/h6-12,14H,5H2,1-4H3,(H,24,26). The van der Waals surface area contributed by atoms with E-state index in [1.807, 2.05) is 44.2 Å². The van der Waals surface area contributed by atoms with Gasteiger partial charge in [0, 0.05) is 23.5 Å². The topological polar surface area (TPSA) is 67.0 Å². The van der Waals surface area contributed by atoms with Crippen LogP contribution in [0, 0.1) is 11.3 Å². The molecule has 0 fully saturated rings. The number of amides is 1.